The first-order valence-corrected chi connectivity index (χ1v) is 9.44. The molecule has 0 bridgehead atoms. The fraction of sp³-hybridized carbons (Fsp3) is 0.250. The predicted octanol–water partition coefficient (Wildman–Crippen LogP) is 3.98. The van der Waals surface area contributed by atoms with Crippen molar-refractivity contribution in [3.8, 4) is 0 Å². The van der Waals surface area contributed by atoms with Gasteiger partial charge in [0.15, 0.2) is 0 Å². The summed E-state index contributed by atoms with van der Waals surface area (Å²) >= 11 is 1.85. The second-order valence-corrected chi connectivity index (χ2v) is 7.36. The van der Waals surface area contributed by atoms with Gasteiger partial charge in [0, 0.05) is 36.4 Å². The van der Waals surface area contributed by atoms with E-state index in [2.05, 4.69) is 73.8 Å². The highest BCUT2D eigenvalue weighted by molar-refractivity contribution is 7.97. The van der Waals surface area contributed by atoms with Crippen LogP contribution in [0.4, 0.5) is 5.69 Å². The molecular weight excluding hydrogens is 328 g/mol. The summed E-state index contributed by atoms with van der Waals surface area (Å²) in [7, 11) is 0. The average Bonchev–Trinajstić information content (AvgIpc) is 3.09. The molecule has 0 unspecified atom stereocenters. The highest BCUT2D eigenvalue weighted by atomic mass is 32.2. The molecule has 0 amide bonds. The van der Waals surface area contributed by atoms with E-state index in [0.717, 1.165) is 38.3 Å². The first kappa shape index (κ1) is 16.2. The molecule has 0 radical (unpaired) electrons. The topological polar surface area (TPSA) is 35.2 Å². The molecule has 1 aliphatic rings. The van der Waals surface area contributed by atoms with Crippen molar-refractivity contribution < 1.29 is 0 Å². The second-order valence-electron chi connectivity index (χ2n) is 6.22. The molecule has 25 heavy (non-hydrogen) atoms. The minimum absolute atomic E-state index is 0.880. The van der Waals surface area contributed by atoms with Crippen molar-refractivity contribution >= 4 is 17.6 Å². The first-order chi connectivity index (χ1) is 12.4. The highest BCUT2D eigenvalue weighted by Gasteiger charge is 2.20. The number of imidazole rings is 1. The number of fused-ring (bicyclic) bond motifs is 1. The van der Waals surface area contributed by atoms with Crippen LogP contribution in [0.15, 0.2) is 72.0 Å². The third-order valence-corrected chi connectivity index (χ3v) is 5.58. The lowest BCUT2D eigenvalue weighted by Gasteiger charge is -2.24. The Kier molecular flexibility index (Phi) is 5.04. The lowest BCUT2D eigenvalue weighted by molar-refractivity contribution is 0.468. The average molecular weight is 350 g/mol. The molecule has 1 N–H and O–H groups in total. The molecule has 4 rings (SSSR count). The van der Waals surface area contributed by atoms with Gasteiger partial charge in [0.1, 0.15) is 0 Å². The maximum Gasteiger partial charge on any atom is 0.0922 e. The fourth-order valence-electron chi connectivity index (χ4n) is 3.15. The van der Waals surface area contributed by atoms with Crippen LogP contribution in [0.1, 0.15) is 11.3 Å². The van der Waals surface area contributed by atoms with Crippen molar-refractivity contribution in [3.63, 3.8) is 0 Å². The quantitative estimate of drug-likeness (QED) is 0.706. The van der Waals surface area contributed by atoms with Gasteiger partial charge in [-0.15, -0.1) is 0 Å². The van der Waals surface area contributed by atoms with Gasteiger partial charge in [-0.25, -0.2) is 9.29 Å². The predicted molar refractivity (Wildman–Crippen MR) is 104 cm³/mol. The molecule has 0 atom stereocenters. The van der Waals surface area contributed by atoms with E-state index in [-0.39, 0.29) is 0 Å². The summed E-state index contributed by atoms with van der Waals surface area (Å²) in [5, 5.41) is 0. The summed E-state index contributed by atoms with van der Waals surface area (Å²) < 4.78 is 2.41. The zero-order valence-corrected chi connectivity index (χ0v) is 15.0. The van der Waals surface area contributed by atoms with Gasteiger partial charge in [-0.1, -0.05) is 42.5 Å². The van der Waals surface area contributed by atoms with Crippen LogP contribution in [-0.2, 0) is 13.0 Å². The number of aromatic nitrogens is 2. The minimum atomic E-state index is 0.880. The molecule has 128 valence electrons. The van der Waals surface area contributed by atoms with Crippen molar-refractivity contribution in [3.05, 3.63) is 78.4 Å². The monoisotopic (exact) mass is 350 g/mol. The second kappa shape index (κ2) is 7.76. The zero-order valence-electron chi connectivity index (χ0n) is 14.1. The lowest BCUT2D eigenvalue weighted by atomic mass is 10.1. The molecule has 0 spiro atoms. The standard InChI is InChI=1S/C20H22N4S/c1-2-6-17(7-3-1)10-11-23-12-13-24(15-18-14-21-16-22-18)25-20-9-5-4-8-19(20)23/h1-9,14,16H,10-13,15H2,(H,21,22). The summed E-state index contributed by atoms with van der Waals surface area (Å²) in [6.07, 6.45) is 4.73. The Morgan fingerprint density at radius 2 is 1.84 bits per heavy atom. The van der Waals surface area contributed by atoms with Gasteiger partial charge in [-0.2, -0.15) is 0 Å². The normalized spacial score (nSPS) is 15.0. The molecule has 2 aromatic carbocycles. The summed E-state index contributed by atoms with van der Waals surface area (Å²) in [6, 6.07) is 19.5. The molecule has 0 saturated carbocycles. The Hall–Kier alpha value is -2.24. The molecule has 0 saturated heterocycles. The third kappa shape index (κ3) is 4.06. The Balaban J connectivity index is 1.49. The van der Waals surface area contributed by atoms with Gasteiger partial charge in [0.2, 0.25) is 0 Å². The van der Waals surface area contributed by atoms with Gasteiger partial charge in [-0.3, -0.25) is 0 Å². The van der Waals surface area contributed by atoms with Crippen LogP contribution in [0, 0.1) is 0 Å². The molecular formula is C20H22N4S. The number of H-pyrrole nitrogens is 1. The molecule has 3 aromatic rings. The maximum absolute atomic E-state index is 4.13. The van der Waals surface area contributed by atoms with E-state index in [9.17, 15) is 0 Å². The van der Waals surface area contributed by atoms with E-state index >= 15 is 0 Å². The first-order valence-electron chi connectivity index (χ1n) is 8.66. The molecule has 5 heteroatoms. The number of hydrogen-bond donors (Lipinski definition) is 1. The van der Waals surface area contributed by atoms with Gasteiger partial charge in [0.05, 0.1) is 18.6 Å². The van der Waals surface area contributed by atoms with E-state index in [1.54, 1.807) is 6.33 Å². The number of aromatic amines is 1. The van der Waals surface area contributed by atoms with Crippen LogP contribution in [0.3, 0.4) is 0 Å². The number of rotatable bonds is 5. The van der Waals surface area contributed by atoms with Gasteiger partial charge < -0.3 is 9.88 Å². The highest BCUT2D eigenvalue weighted by Crippen LogP contribution is 2.35. The van der Waals surface area contributed by atoms with E-state index in [0.29, 0.717) is 0 Å². The maximum atomic E-state index is 4.13. The van der Waals surface area contributed by atoms with Crippen LogP contribution >= 0.6 is 11.9 Å². The van der Waals surface area contributed by atoms with Crippen molar-refractivity contribution in [1.29, 1.82) is 0 Å². The summed E-state index contributed by atoms with van der Waals surface area (Å²) in [5.74, 6) is 0. The molecule has 0 aliphatic carbocycles. The Bertz CT molecular complexity index is 788. The Labute approximate surface area is 153 Å². The summed E-state index contributed by atoms with van der Waals surface area (Å²) in [4.78, 5) is 11.2. The van der Waals surface area contributed by atoms with E-state index in [4.69, 9.17) is 0 Å². The zero-order chi connectivity index (χ0) is 16.9. The van der Waals surface area contributed by atoms with Crippen LogP contribution in [-0.4, -0.2) is 33.9 Å². The molecule has 2 heterocycles. The van der Waals surface area contributed by atoms with Crippen LogP contribution in [0.25, 0.3) is 0 Å². The third-order valence-electron chi connectivity index (χ3n) is 4.47. The van der Waals surface area contributed by atoms with Crippen LogP contribution in [0.5, 0.6) is 0 Å². The van der Waals surface area contributed by atoms with Crippen molar-refractivity contribution in [2.24, 2.45) is 0 Å². The fourth-order valence-corrected chi connectivity index (χ4v) is 4.23. The van der Waals surface area contributed by atoms with Crippen LogP contribution < -0.4 is 4.90 Å². The number of benzene rings is 2. The molecule has 1 aromatic heterocycles. The van der Waals surface area contributed by atoms with Crippen molar-refractivity contribution in [2.45, 2.75) is 17.9 Å². The van der Waals surface area contributed by atoms with E-state index in [1.807, 2.05) is 18.1 Å². The minimum Gasteiger partial charge on any atom is -0.369 e. The largest absolute Gasteiger partial charge is 0.369 e. The molecule has 4 nitrogen and oxygen atoms in total. The number of anilines is 1. The van der Waals surface area contributed by atoms with Gasteiger partial charge >= 0.3 is 0 Å². The van der Waals surface area contributed by atoms with E-state index in [1.165, 1.54) is 16.1 Å². The Morgan fingerprint density at radius 1 is 1.00 bits per heavy atom. The summed E-state index contributed by atoms with van der Waals surface area (Å²) in [5.41, 5.74) is 3.89. The SMILES string of the molecule is c1ccc(CCN2CCN(Cc3cnc[nH]3)Sc3ccccc32)cc1. The van der Waals surface area contributed by atoms with Crippen molar-refractivity contribution in [1.82, 2.24) is 14.3 Å². The number of para-hydroxylation sites is 1. The van der Waals surface area contributed by atoms with Gasteiger partial charge in [-0.05, 0) is 36.1 Å². The van der Waals surface area contributed by atoms with Crippen molar-refractivity contribution in [2.75, 3.05) is 24.5 Å². The smallest absolute Gasteiger partial charge is 0.0922 e. The molecule has 0 fully saturated rings. The number of nitrogens with one attached hydrogen (secondary N) is 1. The Morgan fingerprint density at radius 3 is 2.68 bits per heavy atom. The van der Waals surface area contributed by atoms with Gasteiger partial charge in [0.25, 0.3) is 0 Å². The van der Waals surface area contributed by atoms with Crippen LogP contribution in [0.2, 0.25) is 0 Å². The van der Waals surface area contributed by atoms with E-state index < -0.39 is 0 Å². The summed E-state index contributed by atoms with van der Waals surface area (Å²) in [6.45, 7) is 3.98. The lowest BCUT2D eigenvalue weighted by Crippen LogP contribution is -2.31. The number of hydrogen-bond acceptors (Lipinski definition) is 4. The molecule has 1 aliphatic heterocycles. The number of nitrogens with zero attached hydrogens (tertiary/aromatic N) is 3.